The van der Waals surface area contributed by atoms with Gasteiger partial charge in [-0.25, -0.2) is 0 Å². The van der Waals surface area contributed by atoms with Gasteiger partial charge in [-0.15, -0.1) is 0 Å². The first kappa shape index (κ1) is 15.0. The number of para-hydroxylation sites is 1. The van der Waals surface area contributed by atoms with Crippen molar-refractivity contribution < 1.29 is 4.79 Å². The van der Waals surface area contributed by atoms with Crippen molar-refractivity contribution in [1.29, 1.82) is 5.26 Å². The minimum atomic E-state index is -0.00167. The highest BCUT2D eigenvalue weighted by molar-refractivity contribution is 5.97. The van der Waals surface area contributed by atoms with Crippen molar-refractivity contribution in [2.24, 2.45) is 0 Å². The summed E-state index contributed by atoms with van der Waals surface area (Å²) in [5, 5.41) is 8.77. The highest BCUT2D eigenvalue weighted by atomic mass is 16.2. The van der Waals surface area contributed by atoms with Crippen molar-refractivity contribution in [2.45, 2.75) is 18.9 Å². The molecule has 5 nitrogen and oxygen atoms in total. The first-order valence-electron chi connectivity index (χ1n) is 7.99. The molecule has 2 heterocycles. The predicted molar refractivity (Wildman–Crippen MR) is 85.4 cm³/mol. The van der Waals surface area contributed by atoms with E-state index < -0.39 is 0 Å². The van der Waals surface area contributed by atoms with E-state index in [0.29, 0.717) is 6.54 Å². The molecule has 0 bridgehead atoms. The second-order valence-electron chi connectivity index (χ2n) is 5.95. The number of nitriles is 1. The number of hydrogen-bond donors (Lipinski definition) is 0. The molecule has 1 amide bonds. The molecular formula is C17H22N4O. The molecular weight excluding hydrogens is 276 g/mol. The van der Waals surface area contributed by atoms with E-state index in [9.17, 15) is 4.79 Å². The quantitative estimate of drug-likeness (QED) is 0.790. The van der Waals surface area contributed by atoms with E-state index in [4.69, 9.17) is 5.26 Å². The summed E-state index contributed by atoms with van der Waals surface area (Å²) >= 11 is 0. The molecule has 3 rings (SSSR count). The summed E-state index contributed by atoms with van der Waals surface area (Å²) in [4.78, 5) is 19.2. The highest BCUT2D eigenvalue weighted by Gasteiger charge is 2.35. The Morgan fingerprint density at radius 2 is 1.82 bits per heavy atom. The van der Waals surface area contributed by atoms with Gasteiger partial charge in [0.2, 0.25) is 5.91 Å². The SMILES string of the molecule is N#CCN1CCN([C@H]2CCCN(c3ccccc3)C2=O)CC1. The van der Waals surface area contributed by atoms with Crippen LogP contribution in [0.2, 0.25) is 0 Å². The zero-order chi connectivity index (χ0) is 15.4. The van der Waals surface area contributed by atoms with Gasteiger partial charge in [-0.05, 0) is 25.0 Å². The molecule has 0 saturated carbocycles. The fourth-order valence-corrected chi connectivity index (χ4v) is 3.39. The molecule has 2 fully saturated rings. The van der Waals surface area contributed by atoms with Crippen LogP contribution in [0.3, 0.4) is 0 Å². The summed E-state index contributed by atoms with van der Waals surface area (Å²) in [7, 11) is 0. The van der Waals surface area contributed by atoms with Crippen LogP contribution in [-0.2, 0) is 4.79 Å². The van der Waals surface area contributed by atoms with Crippen molar-refractivity contribution in [3.05, 3.63) is 30.3 Å². The Balaban J connectivity index is 1.65. The van der Waals surface area contributed by atoms with E-state index in [1.807, 2.05) is 35.2 Å². The number of hydrogen-bond acceptors (Lipinski definition) is 4. The van der Waals surface area contributed by atoms with E-state index in [1.54, 1.807) is 0 Å². The summed E-state index contributed by atoms with van der Waals surface area (Å²) in [5.74, 6) is 0.228. The zero-order valence-electron chi connectivity index (χ0n) is 12.8. The molecule has 1 aromatic carbocycles. The van der Waals surface area contributed by atoms with Crippen LogP contribution >= 0.6 is 0 Å². The van der Waals surface area contributed by atoms with Crippen LogP contribution in [0.5, 0.6) is 0 Å². The largest absolute Gasteiger partial charge is 0.311 e. The summed E-state index contributed by atoms with van der Waals surface area (Å²) < 4.78 is 0. The molecule has 2 saturated heterocycles. The van der Waals surface area contributed by atoms with E-state index in [0.717, 1.165) is 51.3 Å². The third kappa shape index (κ3) is 3.13. The van der Waals surface area contributed by atoms with Gasteiger partial charge >= 0.3 is 0 Å². The molecule has 0 aromatic heterocycles. The van der Waals surface area contributed by atoms with Gasteiger partial charge in [0.1, 0.15) is 0 Å². The van der Waals surface area contributed by atoms with Gasteiger partial charge in [0.15, 0.2) is 0 Å². The van der Waals surface area contributed by atoms with Crippen LogP contribution in [0, 0.1) is 11.3 Å². The monoisotopic (exact) mass is 298 g/mol. The molecule has 2 aliphatic heterocycles. The maximum Gasteiger partial charge on any atom is 0.244 e. The second-order valence-corrected chi connectivity index (χ2v) is 5.95. The lowest BCUT2D eigenvalue weighted by molar-refractivity contribution is -0.126. The minimum Gasteiger partial charge on any atom is -0.311 e. The van der Waals surface area contributed by atoms with Crippen LogP contribution in [0.1, 0.15) is 12.8 Å². The van der Waals surface area contributed by atoms with E-state index >= 15 is 0 Å². The first-order chi connectivity index (χ1) is 10.8. The highest BCUT2D eigenvalue weighted by Crippen LogP contribution is 2.24. The number of piperazine rings is 1. The molecule has 22 heavy (non-hydrogen) atoms. The molecule has 116 valence electrons. The fraction of sp³-hybridized carbons (Fsp3) is 0.529. The Kier molecular flexibility index (Phi) is 4.71. The van der Waals surface area contributed by atoms with Crippen LogP contribution in [-0.4, -0.2) is 61.0 Å². The summed E-state index contributed by atoms with van der Waals surface area (Å²) in [5.41, 5.74) is 1.00. The topological polar surface area (TPSA) is 50.6 Å². The fourth-order valence-electron chi connectivity index (χ4n) is 3.39. The molecule has 0 aliphatic carbocycles. The normalized spacial score (nSPS) is 24.2. The van der Waals surface area contributed by atoms with Gasteiger partial charge in [0, 0.05) is 38.4 Å². The standard InChI is InChI=1S/C17H22N4O/c18-8-10-19-11-13-20(14-12-19)16-7-4-9-21(17(16)22)15-5-2-1-3-6-15/h1-3,5-6,16H,4,7,9-14H2/t16-/m0/s1. The minimum absolute atomic E-state index is 0.00167. The van der Waals surface area contributed by atoms with E-state index in [-0.39, 0.29) is 11.9 Å². The van der Waals surface area contributed by atoms with E-state index in [2.05, 4.69) is 15.9 Å². The molecule has 1 aromatic rings. The number of rotatable bonds is 3. The predicted octanol–water partition coefficient (Wildman–Crippen LogP) is 1.32. The maximum atomic E-state index is 12.9. The number of carbonyl (C=O) groups excluding carboxylic acids is 1. The van der Waals surface area contributed by atoms with Gasteiger partial charge in [-0.2, -0.15) is 5.26 Å². The van der Waals surface area contributed by atoms with Gasteiger partial charge in [-0.1, -0.05) is 18.2 Å². The Labute approximate surface area is 131 Å². The molecule has 0 radical (unpaired) electrons. The molecule has 1 atom stereocenters. The van der Waals surface area contributed by atoms with Crippen LogP contribution in [0.25, 0.3) is 0 Å². The average Bonchev–Trinajstić information content (AvgIpc) is 2.57. The van der Waals surface area contributed by atoms with Crippen LogP contribution in [0.4, 0.5) is 5.69 Å². The lowest BCUT2D eigenvalue weighted by atomic mass is 10.0. The Hall–Kier alpha value is -1.90. The summed E-state index contributed by atoms with van der Waals surface area (Å²) in [6, 6.07) is 12.1. The lowest BCUT2D eigenvalue weighted by Gasteiger charge is -2.42. The van der Waals surface area contributed by atoms with E-state index in [1.165, 1.54) is 0 Å². The Bertz CT molecular complexity index is 546. The smallest absolute Gasteiger partial charge is 0.244 e. The van der Waals surface area contributed by atoms with Crippen molar-refractivity contribution >= 4 is 11.6 Å². The Morgan fingerprint density at radius 3 is 2.50 bits per heavy atom. The van der Waals surface area contributed by atoms with Gasteiger partial charge in [-0.3, -0.25) is 14.6 Å². The summed E-state index contributed by atoms with van der Waals surface area (Å²) in [6.07, 6.45) is 1.99. The number of anilines is 1. The first-order valence-corrected chi connectivity index (χ1v) is 7.99. The number of carbonyl (C=O) groups is 1. The average molecular weight is 298 g/mol. The van der Waals surface area contributed by atoms with Gasteiger partial charge in [0.25, 0.3) is 0 Å². The number of piperidine rings is 1. The van der Waals surface area contributed by atoms with Crippen molar-refractivity contribution in [3.8, 4) is 6.07 Å². The summed E-state index contributed by atoms with van der Waals surface area (Å²) in [6.45, 7) is 4.81. The molecule has 0 N–H and O–H groups in total. The van der Waals surface area contributed by atoms with Crippen molar-refractivity contribution in [2.75, 3.05) is 44.2 Å². The van der Waals surface area contributed by atoms with Crippen LogP contribution < -0.4 is 4.90 Å². The molecule has 0 spiro atoms. The Morgan fingerprint density at radius 1 is 1.09 bits per heavy atom. The lowest BCUT2D eigenvalue weighted by Crippen LogP contribution is -2.57. The number of amides is 1. The van der Waals surface area contributed by atoms with Crippen molar-refractivity contribution in [1.82, 2.24) is 9.80 Å². The molecule has 0 unspecified atom stereocenters. The zero-order valence-corrected chi connectivity index (χ0v) is 12.8. The second kappa shape index (κ2) is 6.91. The molecule has 5 heteroatoms. The number of benzene rings is 1. The van der Waals surface area contributed by atoms with Crippen molar-refractivity contribution in [3.63, 3.8) is 0 Å². The maximum absolute atomic E-state index is 12.9. The van der Waals surface area contributed by atoms with Crippen LogP contribution in [0.15, 0.2) is 30.3 Å². The van der Waals surface area contributed by atoms with Gasteiger partial charge < -0.3 is 4.90 Å². The van der Waals surface area contributed by atoms with Gasteiger partial charge in [0.05, 0.1) is 18.7 Å². The molecule has 2 aliphatic rings. The third-order valence-corrected chi connectivity index (χ3v) is 4.62. The third-order valence-electron chi connectivity index (χ3n) is 4.62. The number of nitrogens with zero attached hydrogens (tertiary/aromatic N) is 4.